The van der Waals surface area contributed by atoms with Gasteiger partial charge in [0, 0.05) is 47.1 Å². The van der Waals surface area contributed by atoms with Crippen molar-refractivity contribution < 1.29 is 20.4 Å². The quantitative estimate of drug-likeness (QED) is 0.0472. The first kappa shape index (κ1) is 50.3. The second-order valence-electron chi connectivity index (χ2n) is 18.1. The SMILES string of the molecule is CC(C)[C@@H](CO)N=Cc1ccccc1P(c1ccccc1C=N[C@H](CO)C(C)C)[C@H]1CCC[C@@H]1P(c1ccccc1C=N[C@H](CO)C(C)C)c1ccccc1C=N[C@H](CO)C(C)C. The molecular weight excluding hydrogens is 819 g/mol. The highest BCUT2D eigenvalue weighted by Crippen LogP contribution is 2.58. The molecule has 1 aliphatic carbocycles. The van der Waals surface area contributed by atoms with E-state index in [1.165, 1.54) is 21.2 Å². The Morgan fingerprint density at radius 2 is 0.635 bits per heavy atom. The zero-order valence-corrected chi connectivity index (χ0v) is 40.5. The Morgan fingerprint density at radius 3 is 0.841 bits per heavy atom. The summed E-state index contributed by atoms with van der Waals surface area (Å²) < 4.78 is 0. The van der Waals surface area contributed by atoms with Crippen LogP contribution in [0.4, 0.5) is 0 Å². The van der Waals surface area contributed by atoms with Crippen LogP contribution in [0.3, 0.4) is 0 Å². The Labute approximate surface area is 380 Å². The molecule has 1 fully saturated rings. The van der Waals surface area contributed by atoms with Crippen molar-refractivity contribution in [3.05, 3.63) is 119 Å². The summed E-state index contributed by atoms with van der Waals surface area (Å²) in [6.45, 7) is 16.7. The second kappa shape index (κ2) is 25.1. The molecule has 338 valence electrons. The predicted octanol–water partition coefficient (Wildman–Crippen LogP) is 7.92. The first-order valence-corrected chi connectivity index (χ1v) is 25.8. The van der Waals surface area contributed by atoms with Crippen molar-refractivity contribution in [1.29, 1.82) is 0 Å². The summed E-state index contributed by atoms with van der Waals surface area (Å²) in [4.78, 5) is 20.0. The lowest BCUT2D eigenvalue weighted by Gasteiger charge is -2.37. The van der Waals surface area contributed by atoms with Gasteiger partial charge in [0.2, 0.25) is 0 Å². The number of aliphatic hydroxyl groups excluding tert-OH is 4. The molecule has 10 heteroatoms. The molecule has 1 saturated carbocycles. The molecule has 6 atom stereocenters. The molecule has 63 heavy (non-hydrogen) atoms. The zero-order valence-electron chi connectivity index (χ0n) is 38.7. The van der Waals surface area contributed by atoms with Crippen LogP contribution < -0.4 is 21.2 Å². The highest BCUT2D eigenvalue weighted by molar-refractivity contribution is 7.78. The number of nitrogens with zero attached hydrogens (tertiary/aromatic N) is 4. The van der Waals surface area contributed by atoms with Gasteiger partial charge in [-0.25, -0.2) is 0 Å². The topological polar surface area (TPSA) is 130 Å². The Hall–Kier alpha value is -3.74. The third kappa shape index (κ3) is 13.2. The molecule has 4 aromatic rings. The van der Waals surface area contributed by atoms with Crippen molar-refractivity contribution in [3.63, 3.8) is 0 Å². The number of hydrogen-bond donors (Lipinski definition) is 4. The van der Waals surface area contributed by atoms with Gasteiger partial charge in [0.15, 0.2) is 0 Å². The van der Waals surface area contributed by atoms with Gasteiger partial charge in [0.1, 0.15) is 0 Å². The average molecular weight is 891 g/mol. The lowest BCUT2D eigenvalue weighted by molar-refractivity contribution is 0.240. The standard InChI is InChI=1S/C53H72N4O4P2/c1-36(2)44(32-58)54-28-40-18-9-13-22-48(40)62(49-23-14-10-19-41(49)29-55-45(33-59)37(3)4)52-26-17-27-53(52)63(50-24-15-11-20-42(50)30-56-46(34-60)38(5)6)51-25-16-12-21-43(51)31-57-47(35-61)39(7)8/h9-16,18-25,28-31,36-39,44-47,52-53,58-61H,17,26-27,32-35H2,1-8H3/t44-,45-,46-,47-,52+,53+,62?,63?/m1/s1. The molecule has 0 bridgehead atoms. The summed E-state index contributed by atoms with van der Waals surface area (Å²) in [7, 11) is -2.10. The Bertz CT molecular complexity index is 1850. The number of aliphatic hydroxyl groups is 4. The average Bonchev–Trinajstić information content (AvgIpc) is 3.74. The van der Waals surface area contributed by atoms with Crippen LogP contribution in [0.25, 0.3) is 0 Å². The number of benzene rings is 4. The van der Waals surface area contributed by atoms with E-state index in [0.717, 1.165) is 41.5 Å². The summed E-state index contributed by atoms with van der Waals surface area (Å²) in [5.41, 5.74) is 4.76. The van der Waals surface area contributed by atoms with E-state index in [4.69, 9.17) is 20.0 Å². The minimum absolute atomic E-state index is 0.0148. The summed E-state index contributed by atoms with van der Waals surface area (Å²) in [5.74, 6) is 0.754. The van der Waals surface area contributed by atoms with Gasteiger partial charge in [0.25, 0.3) is 0 Å². The molecule has 0 amide bonds. The van der Waals surface area contributed by atoms with Crippen molar-refractivity contribution in [1.82, 2.24) is 0 Å². The maximum absolute atomic E-state index is 10.3. The van der Waals surface area contributed by atoms with Crippen molar-refractivity contribution in [3.8, 4) is 0 Å². The Balaban J connectivity index is 1.80. The predicted molar refractivity (Wildman–Crippen MR) is 273 cm³/mol. The largest absolute Gasteiger partial charge is 0.394 e. The van der Waals surface area contributed by atoms with Crippen molar-refractivity contribution in [2.45, 2.75) is 110 Å². The summed E-state index contributed by atoms with van der Waals surface area (Å²) in [5, 5.41) is 46.2. The number of hydrogen-bond acceptors (Lipinski definition) is 8. The first-order valence-electron chi connectivity index (χ1n) is 22.9. The van der Waals surface area contributed by atoms with Crippen LogP contribution in [0.5, 0.6) is 0 Å². The second-order valence-corrected chi connectivity index (χ2v) is 22.9. The molecule has 0 aromatic heterocycles. The van der Waals surface area contributed by atoms with E-state index in [0.29, 0.717) is 0 Å². The smallest absolute Gasteiger partial charge is 0.0753 e. The van der Waals surface area contributed by atoms with Gasteiger partial charge < -0.3 is 20.4 Å². The highest BCUT2D eigenvalue weighted by atomic mass is 31.1. The fraction of sp³-hybridized carbons (Fsp3) is 0.472. The number of rotatable bonds is 22. The Kier molecular flexibility index (Phi) is 20.0. The molecule has 4 aromatic carbocycles. The van der Waals surface area contributed by atoms with Crippen LogP contribution in [0, 0.1) is 23.7 Å². The molecule has 0 saturated heterocycles. The van der Waals surface area contributed by atoms with E-state index >= 15 is 0 Å². The molecule has 0 spiro atoms. The van der Waals surface area contributed by atoms with Crippen LogP contribution in [0.15, 0.2) is 117 Å². The van der Waals surface area contributed by atoms with E-state index < -0.39 is 15.8 Å². The monoisotopic (exact) mass is 891 g/mol. The van der Waals surface area contributed by atoms with E-state index in [1.54, 1.807) is 0 Å². The summed E-state index contributed by atoms with van der Waals surface area (Å²) in [6.07, 6.45) is 11.1. The van der Waals surface area contributed by atoms with E-state index in [-0.39, 0.29) is 85.6 Å². The lowest BCUT2D eigenvalue weighted by Crippen LogP contribution is -2.35. The normalized spacial score (nSPS) is 19.1. The van der Waals surface area contributed by atoms with Gasteiger partial charge in [-0.15, -0.1) is 0 Å². The first-order chi connectivity index (χ1) is 30.4. The molecule has 5 rings (SSSR count). The minimum atomic E-state index is -1.05. The lowest BCUT2D eigenvalue weighted by atomic mass is 10.1. The van der Waals surface area contributed by atoms with Gasteiger partial charge in [-0.1, -0.05) is 159 Å². The third-order valence-corrected chi connectivity index (χ3v) is 18.8. The zero-order chi connectivity index (χ0) is 45.5. The molecular formula is C53H72N4O4P2. The van der Waals surface area contributed by atoms with E-state index in [1.807, 2.05) is 24.9 Å². The van der Waals surface area contributed by atoms with Gasteiger partial charge in [0.05, 0.1) is 50.6 Å². The Morgan fingerprint density at radius 1 is 0.413 bits per heavy atom. The van der Waals surface area contributed by atoms with E-state index in [2.05, 4.69) is 152 Å². The van der Waals surface area contributed by atoms with Gasteiger partial charge >= 0.3 is 0 Å². The van der Waals surface area contributed by atoms with Gasteiger partial charge in [-0.3, -0.25) is 20.0 Å². The van der Waals surface area contributed by atoms with Crippen LogP contribution in [-0.4, -0.2) is 107 Å². The molecule has 4 N–H and O–H groups in total. The molecule has 0 unspecified atom stereocenters. The highest BCUT2D eigenvalue weighted by Gasteiger charge is 2.42. The molecule has 0 heterocycles. The molecule has 0 aliphatic heterocycles. The van der Waals surface area contributed by atoms with Crippen LogP contribution >= 0.6 is 15.8 Å². The minimum Gasteiger partial charge on any atom is -0.394 e. The van der Waals surface area contributed by atoms with Crippen LogP contribution in [-0.2, 0) is 0 Å². The molecule has 1 aliphatic rings. The van der Waals surface area contributed by atoms with Crippen molar-refractivity contribution >= 4 is 61.9 Å². The maximum atomic E-state index is 10.3. The van der Waals surface area contributed by atoms with E-state index in [9.17, 15) is 20.4 Å². The fourth-order valence-electron chi connectivity index (χ4n) is 8.19. The fourth-order valence-corrected chi connectivity index (χ4v) is 15.4. The van der Waals surface area contributed by atoms with Gasteiger partial charge in [-0.2, -0.15) is 0 Å². The molecule has 8 nitrogen and oxygen atoms in total. The van der Waals surface area contributed by atoms with Crippen molar-refractivity contribution in [2.75, 3.05) is 26.4 Å². The maximum Gasteiger partial charge on any atom is 0.0753 e. The number of aliphatic imine (C=N–C) groups is 4. The summed E-state index contributed by atoms with van der Waals surface area (Å²) >= 11 is 0. The van der Waals surface area contributed by atoms with Crippen LogP contribution in [0.1, 0.15) is 96.9 Å². The third-order valence-electron chi connectivity index (χ3n) is 12.3. The molecule has 0 radical (unpaired) electrons. The summed E-state index contributed by atoms with van der Waals surface area (Å²) in [6, 6.07) is 33.9. The van der Waals surface area contributed by atoms with Gasteiger partial charge in [-0.05, 0) is 84.9 Å². The van der Waals surface area contributed by atoms with Crippen molar-refractivity contribution in [2.24, 2.45) is 43.6 Å². The van der Waals surface area contributed by atoms with Crippen LogP contribution in [0.2, 0.25) is 0 Å².